The predicted molar refractivity (Wildman–Crippen MR) is 46.9 cm³/mol. The van der Waals surface area contributed by atoms with Gasteiger partial charge in [-0.2, -0.15) is 0 Å². The fourth-order valence-corrected chi connectivity index (χ4v) is 0.827. The summed E-state index contributed by atoms with van der Waals surface area (Å²) in [5.74, 6) is 0.718. The lowest BCUT2D eigenvalue weighted by Gasteiger charge is -1.98. The van der Waals surface area contributed by atoms with Crippen molar-refractivity contribution in [2.75, 3.05) is 13.7 Å². The number of rotatable bonds is 3. The quantitative estimate of drug-likeness (QED) is 0.729. The van der Waals surface area contributed by atoms with Crippen LogP contribution in [0.4, 0.5) is 0 Å². The number of aliphatic hydroxyl groups is 1. The SMILES string of the molecule is COc1cncc(/C=C/CO)c1. The Balaban J connectivity index is 2.79. The Morgan fingerprint density at radius 1 is 1.58 bits per heavy atom. The third-order valence-corrected chi connectivity index (χ3v) is 1.39. The zero-order valence-corrected chi connectivity index (χ0v) is 6.90. The average molecular weight is 165 g/mol. The first-order valence-corrected chi connectivity index (χ1v) is 3.63. The fourth-order valence-electron chi connectivity index (χ4n) is 0.827. The third kappa shape index (κ3) is 2.36. The van der Waals surface area contributed by atoms with Crippen LogP contribution >= 0.6 is 0 Å². The summed E-state index contributed by atoms with van der Waals surface area (Å²) in [5, 5.41) is 8.52. The van der Waals surface area contributed by atoms with E-state index in [9.17, 15) is 0 Å². The van der Waals surface area contributed by atoms with Gasteiger partial charge in [0.2, 0.25) is 0 Å². The molecule has 1 rings (SSSR count). The van der Waals surface area contributed by atoms with Crippen LogP contribution in [0.25, 0.3) is 6.08 Å². The Hall–Kier alpha value is -1.35. The van der Waals surface area contributed by atoms with Crippen molar-refractivity contribution in [1.82, 2.24) is 4.98 Å². The molecule has 0 atom stereocenters. The third-order valence-electron chi connectivity index (χ3n) is 1.39. The van der Waals surface area contributed by atoms with E-state index in [1.54, 1.807) is 31.7 Å². The zero-order chi connectivity index (χ0) is 8.81. The Morgan fingerprint density at radius 2 is 2.42 bits per heavy atom. The van der Waals surface area contributed by atoms with Gasteiger partial charge in [-0.1, -0.05) is 12.2 Å². The summed E-state index contributed by atoms with van der Waals surface area (Å²) in [5.41, 5.74) is 0.920. The lowest BCUT2D eigenvalue weighted by molar-refractivity contribution is 0.343. The van der Waals surface area contributed by atoms with Gasteiger partial charge in [-0.25, -0.2) is 0 Å². The van der Waals surface area contributed by atoms with Gasteiger partial charge in [0.15, 0.2) is 0 Å². The Bertz CT molecular complexity index is 271. The molecule has 3 nitrogen and oxygen atoms in total. The zero-order valence-electron chi connectivity index (χ0n) is 6.90. The normalized spacial score (nSPS) is 10.5. The maximum atomic E-state index is 8.52. The highest BCUT2D eigenvalue weighted by Gasteiger charge is 1.91. The lowest BCUT2D eigenvalue weighted by Crippen LogP contribution is -1.85. The number of methoxy groups -OCH3 is 1. The molecule has 0 fully saturated rings. The summed E-state index contributed by atoms with van der Waals surface area (Å²) >= 11 is 0. The van der Waals surface area contributed by atoms with E-state index in [4.69, 9.17) is 9.84 Å². The molecule has 1 heterocycles. The summed E-state index contributed by atoms with van der Waals surface area (Å²) in [7, 11) is 1.59. The highest BCUT2D eigenvalue weighted by Crippen LogP contribution is 2.10. The van der Waals surface area contributed by atoms with Crippen molar-refractivity contribution in [2.45, 2.75) is 0 Å². The molecule has 1 N–H and O–H groups in total. The van der Waals surface area contributed by atoms with E-state index < -0.39 is 0 Å². The van der Waals surface area contributed by atoms with E-state index in [2.05, 4.69) is 4.98 Å². The average Bonchev–Trinajstić information content (AvgIpc) is 2.15. The minimum Gasteiger partial charge on any atom is -0.495 e. The van der Waals surface area contributed by atoms with Gasteiger partial charge < -0.3 is 9.84 Å². The van der Waals surface area contributed by atoms with Gasteiger partial charge in [0.1, 0.15) is 5.75 Å². The predicted octanol–water partition coefficient (Wildman–Crippen LogP) is 1.10. The van der Waals surface area contributed by atoms with Crippen molar-refractivity contribution >= 4 is 6.08 Å². The highest BCUT2D eigenvalue weighted by molar-refractivity contribution is 5.49. The van der Waals surface area contributed by atoms with Gasteiger partial charge in [-0.05, 0) is 11.6 Å². The van der Waals surface area contributed by atoms with Gasteiger partial charge >= 0.3 is 0 Å². The number of nitrogens with zero attached hydrogens (tertiary/aromatic N) is 1. The smallest absolute Gasteiger partial charge is 0.137 e. The van der Waals surface area contributed by atoms with E-state index in [0.29, 0.717) is 0 Å². The van der Waals surface area contributed by atoms with Crippen LogP contribution in [0.5, 0.6) is 5.75 Å². The fraction of sp³-hybridized carbons (Fsp3) is 0.222. The molecule has 3 heteroatoms. The van der Waals surface area contributed by atoms with Crippen molar-refractivity contribution in [3.05, 3.63) is 30.1 Å². The molecule has 0 amide bonds. The molecular formula is C9H11NO2. The summed E-state index contributed by atoms with van der Waals surface area (Å²) in [4.78, 5) is 3.95. The van der Waals surface area contributed by atoms with E-state index in [1.807, 2.05) is 6.07 Å². The molecule has 0 aromatic carbocycles. The standard InChI is InChI=1S/C9H11NO2/c1-12-9-5-8(3-2-4-11)6-10-7-9/h2-3,5-7,11H,4H2,1H3/b3-2+. The van der Waals surface area contributed by atoms with Gasteiger partial charge in [0.05, 0.1) is 19.9 Å². The van der Waals surface area contributed by atoms with Crippen LogP contribution in [0.3, 0.4) is 0 Å². The van der Waals surface area contributed by atoms with Gasteiger partial charge in [0, 0.05) is 6.20 Å². The van der Waals surface area contributed by atoms with E-state index >= 15 is 0 Å². The van der Waals surface area contributed by atoms with Crippen LogP contribution in [0.15, 0.2) is 24.5 Å². The molecular weight excluding hydrogens is 154 g/mol. The topological polar surface area (TPSA) is 42.4 Å². The summed E-state index contributed by atoms with van der Waals surface area (Å²) in [6.45, 7) is 0.0389. The van der Waals surface area contributed by atoms with Crippen LogP contribution in [0, 0.1) is 0 Å². The van der Waals surface area contributed by atoms with Crippen molar-refractivity contribution < 1.29 is 9.84 Å². The molecule has 64 valence electrons. The molecule has 1 aromatic heterocycles. The van der Waals surface area contributed by atoms with Crippen molar-refractivity contribution in [3.63, 3.8) is 0 Å². The van der Waals surface area contributed by atoms with Crippen LogP contribution in [-0.4, -0.2) is 23.8 Å². The second kappa shape index (κ2) is 4.51. The molecule has 0 unspecified atom stereocenters. The number of aromatic nitrogens is 1. The molecule has 0 saturated heterocycles. The van der Waals surface area contributed by atoms with Gasteiger partial charge in [-0.15, -0.1) is 0 Å². The van der Waals surface area contributed by atoms with Crippen molar-refractivity contribution in [2.24, 2.45) is 0 Å². The van der Waals surface area contributed by atoms with Crippen molar-refractivity contribution in [1.29, 1.82) is 0 Å². The number of aliphatic hydroxyl groups excluding tert-OH is 1. The van der Waals surface area contributed by atoms with Crippen LogP contribution in [0.2, 0.25) is 0 Å². The van der Waals surface area contributed by atoms with E-state index in [-0.39, 0.29) is 6.61 Å². The Morgan fingerprint density at radius 3 is 3.08 bits per heavy atom. The first-order chi connectivity index (χ1) is 5.86. The molecule has 0 saturated carbocycles. The molecule has 0 spiro atoms. The molecule has 0 radical (unpaired) electrons. The lowest BCUT2D eigenvalue weighted by atomic mass is 10.2. The minimum absolute atomic E-state index is 0.0389. The first kappa shape index (κ1) is 8.74. The first-order valence-electron chi connectivity index (χ1n) is 3.63. The largest absolute Gasteiger partial charge is 0.495 e. The maximum Gasteiger partial charge on any atom is 0.137 e. The molecule has 12 heavy (non-hydrogen) atoms. The summed E-state index contributed by atoms with van der Waals surface area (Å²) in [6, 6.07) is 1.85. The van der Waals surface area contributed by atoms with Crippen molar-refractivity contribution in [3.8, 4) is 5.75 Å². The number of hydrogen-bond acceptors (Lipinski definition) is 3. The summed E-state index contributed by atoms with van der Waals surface area (Å²) in [6.07, 6.45) is 6.77. The van der Waals surface area contributed by atoms with Crippen LogP contribution in [-0.2, 0) is 0 Å². The van der Waals surface area contributed by atoms with Crippen LogP contribution < -0.4 is 4.74 Å². The number of hydrogen-bond donors (Lipinski definition) is 1. The number of ether oxygens (including phenoxy) is 1. The Kier molecular flexibility index (Phi) is 3.29. The monoisotopic (exact) mass is 165 g/mol. The molecule has 1 aromatic rings. The van der Waals surface area contributed by atoms with Gasteiger partial charge in [-0.3, -0.25) is 4.98 Å². The second-order valence-corrected chi connectivity index (χ2v) is 2.24. The number of pyridine rings is 1. The van der Waals surface area contributed by atoms with E-state index in [1.165, 1.54) is 0 Å². The Labute approximate surface area is 71.3 Å². The summed E-state index contributed by atoms with van der Waals surface area (Å²) < 4.78 is 4.98. The maximum absolute atomic E-state index is 8.52. The molecule has 0 aliphatic carbocycles. The van der Waals surface area contributed by atoms with Crippen LogP contribution in [0.1, 0.15) is 5.56 Å². The highest BCUT2D eigenvalue weighted by atomic mass is 16.5. The minimum atomic E-state index is 0.0389. The molecule has 0 aliphatic heterocycles. The molecule has 0 bridgehead atoms. The molecule has 0 aliphatic rings. The second-order valence-electron chi connectivity index (χ2n) is 2.24. The van der Waals surface area contributed by atoms with Gasteiger partial charge in [0.25, 0.3) is 0 Å². The van der Waals surface area contributed by atoms with E-state index in [0.717, 1.165) is 11.3 Å².